The zero-order valence-electron chi connectivity index (χ0n) is 14.2. The molecule has 128 valence electrons. The second-order valence-corrected chi connectivity index (χ2v) is 6.70. The molecule has 0 aromatic carbocycles. The van der Waals surface area contributed by atoms with Gasteiger partial charge in [-0.05, 0) is 18.3 Å². The topological polar surface area (TPSA) is 66.9 Å². The highest BCUT2D eigenvalue weighted by atomic mass is 16.5. The number of carbonyl (C=O) groups is 3. The molecule has 1 saturated heterocycles. The molecule has 2 unspecified atom stereocenters. The molecular weight excluding hydrogens is 308 g/mol. The molecule has 1 aliphatic carbocycles. The number of ether oxygens (including phenoxy) is 1. The molecule has 0 aromatic rings. The lowest BCUT2D eigenvalue weighted by molar-refractivity contribution is -0.151. The lowest BCUT2D eigenvalue weighted by Crippen LogP contribution is -2.36. The van der Waals surface area contributed by atoms with Gasteiger partial charge in [0.05, 0.1) is 12.5 Å². The molecule has 1 saturated carbocycles. The predicted molar refractivity (Wildman–Crippen MR) is 88.3 cm³/mol. The number of rotatable bonds is 6. The quantitative estimate of drug-likeness (QED) is 0.322. The second-order valence-electron chi connectivity index (χ2n) is 6.70. The van der Waals surface area contributed by atoms with Crippen molar-refractivity contribution in [2.45, 2.75) is 20.8 Å². The van der Waals surface area contributed by atoms with E-state index in [0.717, 1.165) is 10.5 Å². The largest absolute Gasteiger partial charge is 0.443 e. The molecule has 2 atom stereocenters. The van der Waals surface area contributed by atoms with Crippen molar-refractivity contribution >= 4 is 17.9 Å². The van der Waals surface area contributed by atoms with E-state index >= 15 is 0 Å². The number of carbonyl (C=O) groups excluding carboxylic acids is 3. The Morgan fingerprint density at radius 3 is 2.75 bits per heavy atom. The second kappa shape index (κ2) is 6.52. The molecule has 0 spiro atoms. The fourth-order valence-electron chi connectivity index (χ4n) is 2.96. The first-order valence-corrected chi connectivity index (χ1v) is 7.74. The van der Waals surface area contributed by atoms with Crippen molar-refractivity contribution < 1.29 is 19.1 Å². The van der Waals surface area contributed by atoms with E-state index in [-0.39, 0.29) is 37.1 Å². The van der Waals surface area contributed by atoms with Gasteiger partial charge in [0.2, 0.25) is 0 Å². The summed E-state index contributed by atoms with van der Waals surface area (Å²) in [5, 5.41) is 0. The molecule has 0 aromatic heterocycles. The average molecular weight is 330 g/mol. The van der Waals surface area contributed by atoms with E-state index in [1.807, 2.05) is 26.8 Å². The Kier molecular flexibility index (Phi) is 4.83. The first-order valence-electron chi connectivity index (χ1n) is 7.74. The van der Waals surface area contributed by atoms with Crippen LogP contribution in [-0.2, 0) is 14.3 Å². The monoisotopic (exact) mass is 330 g/mol. The Morgan fingerprint density at radius 2 is 2.17 bits per heavy atom. The highest BCUT2D eigenvalue weighted by molar-refractivity contribution is 6.02. The number of imide groups is 1. The molecule has 24 heavy (non-hydrogen) atoms. The van der Waals surface area contributed by atoms with Crippen molar-refractivity contribution in [1.82, 2.24) is 9.80 Å². The summed E-state index contributed by atoms with van der Waals surface area (Å²) < 4.78 is 5.21. The standard InChI is InChI=1S/C18H22N2O4/c1-6-8-19-10-14(21)20(17(19)23)11-24-16(22)15-13(18(15,4)5)9-12(3)7-2/h1,7,9,13,15H,2,8,10-11H2,3-5H3. The van der Waals surface area contributed by atoms with Gasteiger partial charge in [0.15, 0.2) is 6.73 Å². The third kappa shape index (κ3) is 3.21. The summed E-state index contributed by atoms with van der Waals surface area (Å²) in [6.45, 7) is 9.19. The normalized spacial score (nSPS) is 25.5. The van der Waals surface area contributed by atoms with Gasteiger partial charge in [0.1, 0.15) is 6.54 Å². The van der Waals surface area contributed by atoms with Gasteiger partial charge in [-0.25, -0.2) is 9.69 Å². The van der Waals surface area contributed by atoms with Crippen LogP contribution in [0.4, 0.5) is 4.79 Å². The van der Waals surface area contributed by atoms with Gasteiger partial charge in [-0.15, -0.1) is 6.42 Å². The number of allylic oxidation sites excluding steroid dienone is 3. The molecule has 2 fully saturated rings. The van der Waals surface area contributed by atoms with Crippen LogP contribution in [0.15, 0.2) is 24.3 Å². The van der Waals surface area contributed by atoms with Gasteiger partial charge in [-0.2, -0.15) is 0 Å². The van der Waals surface area contributed by atoms with Gasteiger partial charge in [0, 0.05) is 0 Å². The van der Waals surface area contributed by atoms with Crippen molar-refractivity contribution in [1.29, 1.82) is 0 Å². The molecule has 0 bridgehead atoms. The summed E-state index contributed by atoms with van der Waals surface area (Å²) in [7, 11) is 0. The zero-order chi connectivity index (χ0) is 18.1. The van der Waals surface area contributed by atoms with Crippen LogP contribution in [0.3, 0.4) is 0 Å². The fraction of sp³-hybridized carbons (Fsp3) is 0.500. The third-order valence-corrected chi connectivity index (χ3v) is 4.68. The Morgan fingerprint density at radius 1 is 1.50 bits per heavy atom. The Hall–Kier alpha value is -2.55. The van der Waals surface area contributed by atoms with Gasteiger partial charge < -0.3 is 9.64 Å². The van der Waals surface area contributed by atoms with Crippen LogP contribution in [0.1, 0.15) is 20.8 Å². The van der Waals surface area contributed by atoms with Gasteiger partial charge in [0.25, 0.3) is 5.91 Å². The number of nitrogens with zero attached hydrogens (tertiary/aromatic N) is 2. The lowest BCUT2D eigenvalue weighted by atomic mass is 10.1. The number of hydrogen-bond donors (Lipinski definition) is 0. The van der Waals surface area contributed by atoms with Crippen molar-refractivity contribution in [2.75, 3.05) is 19.8 Å². The van der Waals surface area contributed by atoms with Crippen LogP contribution in [0.2, 0.25) is 0 Å². The van der Waals surface area contributed by atoms with Crippen molar-refractivity contribution in [3.63, 3.8) is 0 Å². The number of urea groups is 1. The van der Waals surface area contributed by atoms with Gasteiger partial charge in [-0.3, -0.25) is 9.59 Å². The number of esters is 1. The summed E-state index contributed by atoms with van der Waals surface area (Å²) >= 11 is 0. The maximum atomic E-state index is 12.3. The highest BCUT2D eigenvalue weighted by Crippen LogP contribution is 2.59. The Bertz CT molecular complexity index is 656. The minimum atomic E-state index is -0.528. The van der Waals surface area contributed by atoms with E-state index in [2.05, 4.69) is 12.5 Å². The van der Waals surface area contributed by atoms with Crippen molar-refractivity contribution in [3.05, 3.63) is 24.3 Å². The predicted octanol–water partition coefficient (Wildman–Crippen LogP) is 1.79. The van der Waals surface area contributed by atoms with E-state index in [1.165, 1.54) is 4.90 Å². The Balaban J connectivity index is 1.95. The van der Waals surface area contributed by atoms with Crippen LogP contribution < -0.4 is 0 Å². The molecule has 6 nitrogen and oxygen atoms in total. The first kappa shape index (κ1) is 17.8. The van der Waals surface area contributed by atoms with Crippen molar-refractivity contribution in [3.8, 4) is 12.3 Å². The molecule has 0 radical (unpaired) electrons. The third-order valence-electron chi connectivity index (χ3n) is 4.68. The molecule has 1 aliphatic heterocycles. The van der Waals surface area contributed by atoms with Gasteiger partial charge in [-0.1, -0.05) is 44.1 Å². The minimum absolute atomic E-state index is 0.0539. The van der Waals surface area contributed by atoms with E-state index in [0.29, 0.717) is 0 Å². The van der Waals surface area contributed by atoms with Crippen LogP contribution in [-0.4, -0.2) is 47.5 Å². The average Bonchev–Trinajstić information content (AvgIpc) is 2.94. The molecule has 6 heteroatoms. The van der Waals surface area contributed by atoms with Gasteiger partial charge >= 0.3 is 12.0 Å². The molecular formula is C18H22N2O4. The SMILES string of the molecule is C#CCN1CC(=O)N(COC(=O)C2C(C=C(C)C=C)C2(C)C)C1=O. The van der Waals surface area contributed by atoms with E-state index in [9.17, 15) is 14.4 Å². The van der Waals surface area contributed by atoms with E-state index in [1.54, 1.807) is 6.08 Å². The number of amides is 3. The minimum Gasteiger partial charge on any atom is -0.443 e. The lowest BCUT2D eigenvalue weighted by Gasteiger charge is -2.15. The summed E-state index contributed by atoms with van der Waals surface area (Å²) in [6.07, 6.45) is 8.89. The first-order chi connectivity index (χ1) is 11.2. The summed E-state index contributed by atoms with van der Waals surface area (Å²) in [5.74, 6) is 1.26. The van der Waals surface area contributed by atoms with Crippen LogP contribution in [0.5, 0.6) is 0 Å². The summed E-state index contributed by atoms with van der Waals surface area (Å²) in [6, 6.07) is -0.528. The number of terminal acetylenes is 1. The highest BCUT2D eigenvalue weighted by Gasteiger charge is 2.61. The number of hydrogen-bond acceptors (Lipinski definition) is 4. The van der Waals surface area contributed by atoms with E-state index < -0.39 is 17.9 Å². The smallest absolute Gasteiger partial charge is 0.330 e. The van der Waals surface area contributed by atoms with Crippen molar-refractivity contribution in [2.24, 2.45) is 17.3 Å². The maximum Gasteiger partial charge on any atom is 0.330 e. The van der Waals surface area contributed by atoms with E-state index in [4.69, 9.17) is 11.2 Å². The fourth-order valence-corrected chi connectivity index (χ4v) is 2.96. The van der Waals surface area contributed by atoms with Crippen LogP contribution >= 0.6 is 0 Å². The molecule has 0 N–H and O–H groups in total. The molecule has 1 heterocycles. The summed E-state index contributed by atoms with van der Waals surface area (Å²) in [4.78, 5) is 38.3. The van der Waals surface area contributed by atoms with Crippen LogP contribution in [0, 0.1) is 29.6 Å². The maximum absolute atomic E-state index is 12.3. The Labute approximate surface area is 142 Å². The molecule has 2 rings (SSSR count). The zero-order valence-corrected chi connectivity index (χ0v) is 14.2. The molecule has 2 aliphatic rings. The van der Waals surface area contributed by atoms with Crippen LogP contribution in [0.25, 0.3) is 0 Å². The molecule has 3 amide bonds. The summed E-state index contributed by atoms with van der Waals surface area (Å²) in [5.41, 5.74) is 0.786.